The topological polar surface area (TPSA) is 95.8 Å². The van der Waals surface area contributed by atoms with Crippen molar-refractivity contribution >= 4 is 28.0 Å². The van der Waals surface area contributed by atoms with Crippen molar-refractivity contribution < 1.29 is 9.90 Å². The van der Waals surface area contributed by atoms with Crippen LogP contribution in [0.3, 0.4) is 0 Å². The molecule has 0 aliphatic carbocycles. The van der Waals surface area contributed by atoms with Gasteiger partial charge in [0, 0.05) is 41.5 Å². The van der Waals surface area contributed by atoms with E-state index in [1.165, 1.54) is 0 Å². The average Bonchev–Trinajstić information content (AvgIpc) is 3.25. The predicted molar refractivity (Wildman–Crippen MR) is 104 cm³/mol. The normalized spacial score (nSPS) is 12.0. The van der Waals surface area contributed by atoms with Crippen LogP contribution in [0.15, 0.2) is 42.9 Å². The Morgan fingerprint density at radius 1 is 1.33 bits per heavy atom. The summed E-state index contributed by atoms with van der Waals surface area (Å²) in [7, 11) is 1.96. The van der Waals surface area contributed by atoms with E-state index >= 15 is 0 Å². The molecule has 0 atom stereocenters. The van der Waals surface area contributed by atoms with Crippen molar-refractivity contribution in [1.82, 2.24) is 24.8 Å². The third-order valence-electron chi connectivity index (χ3n) is 4.64. The average molecular weight is 363 g/mol. The summed E-state index contributed by atoms with van der Waals surface area (Å²) in [5, 5.41) is 13.2. The lowest BCUT2D eigenvalue weighted by Crippen LogP contribution is -2.46. The van der Waals surface area contributed by atoms with Crippen LogP contribution in [0.5, 0.6) is 0 Å². The van der Waals surface area contributed by atoms with Crippen molar-refractivity contribution in [2.45, 2.75) is 19.4 Å². The number of H-pyrrole nitrogens is 1. The molecule has 0 bridgehead atoms. The summed E-state index contributed by atoms with van der Waals surface area (Å²) in [4.78, 5) is 24.7. The highest BCUT2D eigenvalue weighted by molar-refractivity contribution is 6.03. The van der Waals surface area contributed by atoms with Gasteiger partial charge in [0.05, 0.1) is 24.0 Å². The first-order chi connectivity index (χ1) is 12.9. The lowest BCUT2D eigenvalue weighted by molar-refractivity contribution is 0.0869. The fraction of sp³-hybridized carbons (Fsp3) is 0.250. The molecule has 4 aromatic rings. The summed E-state index contributed by atoms with van der Waals surface area (Å²) in [6.07, 6.45) is 5.53. The minimum atomic E-state index is -0.684. The smallest absolute Gasteiger partial charge is 0.251 e. The number of nitrogens with one attached hydrogen (secondary N) is 2. The highest BCUT2D eigenvalue weighted by Gasteiger charge is 2.21. The van der Waals surface area contributed by atoms with Gasteiger partial charge in [0.2, 0.25) is 0 Å². The summed E-state index contributed by atoms with van der Waals surface area (Å²) in [5.41, 5.74) is 4.05. The van der Waals surface area contributed by atoms with E-state index in [1.807, 2.05) is 42.2 Å². The number of aryl methyl sites for hydroxylation is 1. The Balaban J connectivity index is 1.81. The Hall–Kier alpha value is -3.19. The molecule has 138 valence electrons. The first kappa shape index (κ1) is 17.2. The zero-order valence-corrected chi connectivity index (χ0v) is 15.4. The predicted octanol–water partition coefficient (Wildman–Crippen LogP) is 2.62. The number of benzene rings is 1. The lowest BCUT2D eigenvalue weighted by Gasteiger charge is -2.23. The highest BCUT2D eigenvalue weighted by Crippen LogP contribution is 2.30. The van der Waals surface area contributed by atoms with Gasteiger partial charge in [-0.3, -0.25) is 4.79 Å². The molecular formula is C20H21N5O2. The van der Waals surface area contributed by atoms with E-state index in [0.29, 0.717) is 5.56 Å². The molecule has 1 aromatic carbocycles. The zero-order valence-electron chi connectivity index (χ0n) is 15.4. The van der Waals surface area contributed by atoms with Crippen molar-refractivity contribution in [3.05, 3.63) is 48.4 Å². The molecule has 7 heteroatoms. The third-order valence-corrected chi connectivity index (χ3v) is 4.64. The van der Waals surface area contributed by atoms with E-state index in [0.717, 1.165) is 33.3 Å². The summed E-state index contributed by atoms with van der Waals surface area (Å²) in [5.74, 6) is -0.224. The molecule has 0 aliphatic rings. The van der Waals surface area contributed by atoms with E-state index in [1.54, 1.807) is 26.1 Å². The van der Waals surface area contributed by atoms with Crippen molar-refractivity contribution in [2.75, 3.05) is 6.61 Å². The molecule has 0 unspecified atom stereocenters. The fourth-order valence-corrected chi connectivity index (χ4v) is 3.12. The number of aromatic nitrogens is 4. The van der Waals surface area contributed by atoms with Gasteiger partial charge in [-0.05, 0) is 38.1 Å². The van der Waals surface area contributed by atoms with Gasteiger partial charge < -0.3 is 20.0 Å². The number of carbonyl (C=O) groups is 1. The molecular weight excluding hydrogens is 342 g/mol. The molecule has 0 radical (unpaired) electrons. The van der Waals surface area contributed by atoms with Crippen molar-refractivity contribution in [1.29, 1.82) is 0 Å². The van der Waals surface area contributed by atoms with E-state index in [9.17, 15) is 9.90 Å². The van der Waals surface area contributed by atoms with Gasteiger partial charge in [-0.2, -0.15) is 0 Å². The van der Waals surface area contributed by atoms with Gasteiger partial charge in [-0.15, -0.1) is 0 Å². The number of hydrogen-bond donors (Lipinski definition) is 3. The molecule has 7 nitrogen and oxygen atoms in total. The number of hydrogen-bond acceptors (Lipinski definition) is 4. The molecule has 27 heavy (non-hydrogen) atoms. The number of nitrogens with zero attached hydrogens (tertiary/aromatic N) is 3. The molecule has 4 rings (SSSR count). The molecule has 3 N–H and O–H groups in total. The van der Waals surface area contributed by atoms with E-state index in [2.05, 4.69) is 20.3 Å². The van der Waals surface area contributed by atoms with Crippen molar-refractivity contribution in [2.24, 2.45) is 7.05 Å². The maximum atomic E-state index is 12.6. The van der Waals surface area contributed by atoms with Crippen LogP contribution in [0.25, 0.3) is 33.3 Å². The van der Waals surface area contributed by atoms with Crippen LogP contribution >= 0.6 is 0 Å². The number of aliphatic hydroxyl groups is 1. The van der Waals surface area contributed by atoms with E-state index in [-0.39, 0.29) is 12.5 Å². The molecule has 1 amide bonds. The van der Waals surface area contributed by atoms with Gasteiger partial charge >= 0.3 is 0 Å². The molecule has 3 heterocycles. The number of fused-ring (bicyclic) bond motifs is 2. The maximum absolute atomic E-state index is 12.6. The van der Waals surface area contributed by atoms with Crippen LogP contribution in [-0.4, -0.2) is 42.7 Å². The van der Waals surface area contributed by atoms with Crippen LogP contribution in [0.2, 0.25) is 0 Å². The van der Waals surface area contributed by atoms with E-state index < -0.39 is 5.54 Å². The summed E-state index contributed by atoms with van der Waals surface area (Å²) < 4.78 is 2.01. The van der Waals surface area contributed by atoms with Crippen LogP contribution < -0.4 is 5.32 Å². The Morgan fingerprint density at radius 2 is 2.15 bits per heavy atom. The lowest BCUT2D eigenvalue weighted by atomic mass is 10.0. The second-order valence-electron chi connectivity index (χ2n) is 7.35. The van der Waals surface area contributed by atoms with Crippen molar-refractivity contribution in [3.63, 3.8) is 0 Å². The summed E-state index contributed by atoms with van der Waals surface area (Å²) in [6.45, 7) is 3.42. The standard InChI is InChI=1S/C20H21N5O2/c1-20(2,11-26)24-19(27)12-4-5-17-13(8-12)14(10-25(17)3)16-9-22-18-15(23-16)6-7-21-18/h4-10,26H,11H2,1-3H3,(H,21,22)(H,24,27). The van der Waals surface area contributed by atoms with E-state index in [4.69, 9.17) is 0 Å². The molecule has 3 aromatic heterocycles. The Bertz CT molecular complexity index is 1160. The third kappa shape index (κ3) is 3.06. The molecule has 0 fully saturated rings. The Morgan fingerprint density at radius 3 is 2.93 bits per heavy atom. The zero-order chi connectivity index (χ0) is 19.2. The Labute approximate surface area is 156 Å². The summed E-state index contributed by atoms with van der Waals surface area (Å²) >= 11 is 0. The van der Waals surface area contributed by atoms with Crippen LogP contribution in [0, 0.1) is 0 Å². The van der Waals surface area contributed by atoms with Gasteiger partial charge in [0.25, 0.3) is 5.91 Å². The molecule has 0 aliphatic heterocycles. The molecule has 0 spiro atoms. The summed E-state index contributed by atoms with van der Waals surface area (Å²) in [6, 6.07) is 7.45. The first-order valence-corrected chi connectivity index (χ1v) is 8.71. The fourth-order valence-electron chi connectivity index (χ4n) is 3.12. The number of rotatable bonds is 4. The number of aliphatic hydroxyl groups excluding tert-OH is 1. The number of amides is 1. The molecule has 0 saturated heterocycles. The monoisotopic (exact) mass is 363 g/mol. The minimum Gasteiger partial charge on any atom is -0.394 e. The van der Waals surface area contributed by atoms with Crippen LogP contribution in [0.4, 0.5) is 0 Å². The second-order valence-corrected chi connectivity index (χ2v) is 7.35. The number of aromatic amines is 1. The Kier molecular flexibility index (Phi) is 3.96. The van der Waals surface area contributed by atoms with Gasteiger partial charge in [-0.1, -0.05) is 0 Å². The first-order valence-electron chi connectivity index (χ1n) is 8.71. The largest absolute Gasteiger partial charge is 0.394 e. The minimum absolute atomic E-state index is 0.135. The van der Waals surface area contributed by atoms with Gasteiger partial charge in [-0.25, -0.2) is 9.97 Å². The highest BCUT2D eigenvalue weighted by atomic mass is 16.3. The second kappa shape index (κ2) is 6.21. The van der Waals surface area contributed by atoms with Crippen molar-refractivity contribution in [3.8, 4) is 11.3 Å². The number of carbonyl (C=O) groups excluding carboxylic acids is 1. The van der Waals surface area contributed by atoms with Gasteiger partial charge in [0.1, 0.15) is 5.52 Å². The van der Waals surface area contributed by atoms with Gasteiger partial charge in [0.15, 0.2) is 5.65 Å². The maximum Gasteiger partial charge on any atom is 0.251 e. The van der Waals surface area contributed by atoms with Crippen LogP contribution in [-0.2, 0) is 7.05 Å². The SMILES string of the molecule is Cn1cc(-c2cnc3[nH]ccc3n2)c2cc(C(=O)NC(C)(C)CO)ccc21. The quantitative estimate of drug-likeness (QED) is 0.519. The molecule has 0 saturated carbocycles. The van der Waals surface area contributed by atoms with Crippen LogP contribution in [0.1, 0.15) is 24.2 Å².